The molecule has 0 bridgehead atoms. The van der Waals surface area contributed by atoms with E-state index in [9.17, 15) is 4.79 Å². The fraction of sp³-hybridized carbons (Fsp3) is 0.364. The van der Waals surface area contributed by atoms with Gasteiger partial charge in [0.15, 0.2) is 0 Å². The monoisotopic (exact) mass is 271 g/mol. The van der Waals surface area contributed by atoms with Gasteiger partial charge in [-0.15, -0.1) is 0 Å². The molecule has 1 rings (SSSR count). The average Bonchev–Trinajstić information content (AvgIpc) is 2.18. The van der Waals surface area contributed by atoms with E-state index >= 15 is 0 Å². The van der Waals surface area contributed by atoms with Crippen molar-refractivity contribution in [2.75, 3.05) is 11.9 Å². The molecule has 3 nitrogen and oxygen atoms in total. The number of nitrogens with one attached hydrogen (secondary N) is 1. The Kier molecular flexibility index (Phi) is 3.74. The van der Waals surface area contributed by atoms with E-state index in [1.54, 1.807) is 6.07 Å². The van der Waals surface area contributed by atoms with Gasteiger partial charge in [-0.3, -0.25) is 0 Å². The summed E-state index contributed by atoms with van der Waals surface area (Å²) in [6.45, 7) is 6.54. The lowest BCUT2D eigenvalue weighted by molar-refractivity contribution is 0.0696. The van der Waals surface area contributed by atoms with E-state index in [0.29, 0.717) is 5.56 Å². The van der Waals surface area contributed by atoms with E-state index in [1.165, 1.54) is 0 Å². The van der Waals surface area contributed by atoms with Crippen molar-refractivity contribution in [2.45, 2.75) is 20.8 Å². The zero-order chi connectivity index (χ0) is 11.6. The van der Waals surface area contributed by atoms with Crippen LogP contribution >= 0.6 is 15.9 Å². The van der Waals surface area contributed by atoms with E-state index in [-0.39, 0.29) is 0 Å². The number of carbonyl (C=O) groups is 1. The Morgan fingerprint density at radius 2 is 2.07 bits per heavy atom. The fourth-order valence-corrected chi connectivity index (χ4v) is 1.97. The minimum atomic E-state index is -0.896. The molecule has 15 heavy (non-hydrogen) atoms. The van der Waals surface area contributed by atoms with Gasteiger partial charge >= 0.3 is 5.97 Å². The summed E-state index contributed by atoms with van der Waals surface area (Å²) >= 11 is 3.37. The highest BCUT2D eigenvalue weighted by Gasteiger charge is 2.14. The summed E-state index contributed by atoms with van der Waals surface area (Å²) in [4.78, 5) is 11.0. The third kappa shape index (κ3) is 2.31. The maximum absolute atomic E-state index is 11.0. The second-order valence-corrected chi connectivity index (χ2v) is 4.22. The minimum Gasteiger partial charge on any atom is -0.478 e. The van der Waals surface area contributed by atoms with Crippen molar-refractivity contribution in [3.8, 4) is 0 Å². The molecule has 0 aromatic heterocycles. The molecule has 82 valence electrons. The first kappa shape index (κ1) is 12.0. The van der Waals surface area contributed by atoms with Gasteiger partial charge in [0, 0.05) is 16.7 Å². The number of hydrogen-bond donors (Lipinski definition) is 2. The summed E-state index contributed by atoms with van der Waals surface area (Å²) in [5.41, 5.74) is 3.07. The molecule has 0 heterocycles. The van der Waals surface area contributed by atoms with Crippen LogP contribution < -0.4 is 5.32 Å². The SMILES string of the molecule is CCNc1c(C)c(Br)cc(C(=O)O)c1C. The number of rotatable bonds is 3. The Bertz CT molecular complexity index is 402. The average molecular weight is 272 g/mol. The number of benzene rings is 1. The second kappa shape index (κ2) is 4.66. The van der Waals surface area contributed by atoms with E-state index in [1.807, 2.05) is 20.8 Å². The van der Waals surface area contributed by atoms with Crippen molar-refractivity contribution in [1.82, 2.24) is 0 Å². The first-order valence-corrected chi connectivity index (χ1v) is 5.55. The van der Waals surface area contributed by atoms with E-state index < -0.39 is 5.97 Å². The van der Waals surface area contributed by atoms with Gasteiger partial charge in [-0.2, -0.15) is 0 Å². The van der Waals surface area contributed by atoms with Crippen LogP contribution in [-0.4, -0.2) is 17.6 Å². The van der Waals surface area contributed by atoms with Crippen molar-refractivity contribution in [3.63, 3.8) is 0 Å². The van der Waals surface area contributed by atoms with Crippen molar-refractivity contribution >= 4 is 27.6 Å². The van der Waals surface area contributed by atoms with Gasteiger partial charge in [0.05, 0.1) is 5.56 Å². The normalized spacial score (nSPS) is 10.1. The molecule has 1 aromatic rings. The molecule has 0 aliphatic heterocycles. The summed E-state index contributed by atoms with van der Waals surface area (Å²) in [6.07, 6.45) is 0. The Morgan fingerprint density at radius 3 is 2.53 bits per heavy atom. The fourth-order valence-electron chi connectivity index (χ4n) is 1.54. The van der Waals surface area contributed by atoms with Crippen LogP contribution in [0.4, 0.5) is 5.69 Å². The topological polar surface area (TPSA) is 49.3 Å². The highest BCUT2D eigenvalue weighted by molar-refractivity contribution is 9.10. The van der Waals surface area contributed by atoms with Gasteiger partial charge in [-0.05, 0) is 38.0 Å². The Balaban J connectivity index is 3.41. The summed E-state index contributed by atoms with van der Waals surface area (Å²) in [6, 6.07) is 1.65. The highest BCUT2D eigenvalue weighted by Crippen LogP contribution is 2.30. The predicted octanol–water partition coefficient (Wildman–Crippen LogP) is 3.20. The first-order valence-electron chi connectivity index (χ1n) is 4.75. The number of carboxylic acid groups (broad SMARTS) is 1. The third-order valence-corrected chi connectivity index (χ3v) is 3.19. The molecule has 0 fully saturated rings. The van der Waals surface area contributed by atoms with Crippen molar-refractivity contribution in [3.05, 3.63) is 27.2 Å². The van der Waals surface area contributed by atoms with Gasteiger partial charge in [0.1, 0.15) is 0 Å². The number of carboxylic acids is 1. The molecule has 1 aromatic carbocycles. The van der Waals surface area contributed by atoms with Crippen LogP contribution in [0.2, 0.25) is 0 Å². The highest BCUT2D eigenvalue weighted by atomic mass is 79.9. The lowest BCUT2D eigenvalue weighted by atomic mass is 10.0. The van der Waals surface area contributed by atoms with E-state index in [2.05, 4.69) is 21.2 Å². The van der Waals surface area contributed by atoms with Gasteiger partial charge in [0.25, 0.3) is 0 Å². The molecule has 2 N–H and O–H groups in total. The lowest BCUT2D eigenvalue weighted by Crippen LogP contribution is -2.07. The summed E-state index contributed by atoms with van der Waals surface area (Å²) < 4.78 is 0.821. The largest absolute Gasteiger partial charge is 0.478 e. The molecule has 0 saturated heterocycles. The van der Waals surface area contributed by atoms with Gasteiger partial charge < -0.3 is 10.4 Å². The molecule has 0 unspecified atom stereocenters. The molecule has 0 atom stereocenters. The summed E-state index contributed by atoms with van der Waals surface area (Å²) in [5, 5.41) is 12.2. The second-order valence-electron chi connectivity index (χ2n) is 3.37. The molecular weight excluding hydrogens is 258 g/mol. The predicted molar refractivity (Wildman–Crippen MR) is 64.7 cm³/mol. The van der Waals surface area contributed by atoms with Crippen LogP contribution in [0.1, 0.15) is 28.4 Å². The van der Waals surface area contributed by atoms with Crippen LogP contribution in [0.5, 0.6) is 0 Å². The quantitative estimate of drug-likeness (QED) is 0.888. The number of anilines is 1. The molecule has 0 saturated carbocycles. The molecule has 0 spiro atoms. The molecule has 0 radical (unpaired) electrons. The van der Waals surface area contributed by atoms with E-state index in [0.717, 1.165) is 27.8 Å². The maximum Gasteiger partial charge on any atom is 0.336 e. The van der Waals surface area contributed by atoms with E-state index in [4.69, 9.17) is 5.11 Å². The van der Waals surface area contributed by atoms with Crippen LogP contribution in [0.25, 0.3) is 0 Å². The van der Waals surface area contributed by atoms with Crippen LogP contribution in [0, 0.1) is 13.8 Å². The number of halogens is 1. The Hall–Kier alpha value is -1.03. The van der Waals surface area contributed by atoms with Crippen molar-refractivity contribution in [1.29, 1.82) is 0 Å². The molecular formula is C11H14BrNO2. The van der Waals surface area contributed by atoms with Gasteiger partial charge in [-0.1, -0.05) is 15.9 Å². The summed E-state index contributed by atoms with van der Waals surface area (Å²) in [7, 11) is 0. The van der Waals surface area contributed by atoms with Crippen molar-refractivity contribution < 1.29 is 9.90 Å². The lowest BCUT2D eigenvalue weighted by Gasteiger charge is -2.15. The third-order valence-electron chi connectivity index (χ3n) is 2.37. The van der Waals surface area contributed by atoms with Crippen LogP contribution in [-0.2, 0) is 0 Å². The number of hydrogen-bond acceptors (Lipinski definition) is 2. The molecule has 0 aliphatic rings. The molecule has 0 amide bonds. The molecule has 0 aliphatic carbocycles. The molecule has 4 heteroatoms. The van der Waals surface area contributed by atoms with Gasteiger partial charge in [-0.25, -0.2) is 4.79 Å². The van der Waals surface area contributed by atoms with Gasteiger partial charge in [0.2, 0.25) is 0 Å². The first-order chi connectivity index (χ1) is 6.99. The number of aromatic carboxylic acids is 1. The Morgan fingerprint density at radius 1 is 1.47 bits per heavy atom. The van der Waals surface area contributed by atoms with Crippen LogP contribution in [0.3, 0.4) is 0 Å². The summed E-state index contributed by atoms with van der Waals surface area (Å²) in [5.74, 6) is -0.896. The zero-order valence-electron chi connectivity index (χ0n) is 9.02. The van der Waals surface area contributed by atoms with Crippen LogP contribution in [0.15, 0.2) is 10.5 Å². The standard InChI is InChI=1S/C11H14BrNO2/c1-4-13-10-6(2)8(11(14)15)5-9(12)7(10)3/h5,13H,4H2,1-3H3,(H,14,15). The maximum atomic E-state index is 11.0. The zero-order valence-corrected chi connectivity index (χ0v) is 10.6. The smallest absolute Gasteiger partial charge is 0.336 e. The van der Waals surface area contributed by atoms with Crippen molar-refractivity contribution in [2.24, 2.45) is 0 Å². The Labute approximate surface area is 97.6 Å². The minimum absolute atomic E-state index is 0.337.